The SMILES string of the molecule is Nc1ncnn2c(C3CCCN(C(=O)OCc4ccccc4)C3)cc(-c3ccc4cn(Cc5ccccc5)nc4c3)c12. The molecule has 0 aliphatic carbocycles. The molecule has 3 aromatic carbocycles. The number of carbonyl (C=O) groups excluding carboxylic acids is 1. The quantitative estimate of drug-likeness (QED) is 0.274. The molecule has 1 amide bonds. The largest absolute Gasteiger partial charge is 0.445 e. The maximum absolute atomic E-state index is 13.0. The standard InChI is InChI=1S/C33H31N7O2/c34-32-31-28(25-13-14-26-20-39(37-29(26)16-25)18-23-8-3-1-4-9-23)17-30(40(31)36-22-35-32)27-12-7-15-38(19-27)33(41)42-21-24-10-5-2-6-11-24/h1-6,8-11,13-14,16-17,20,22,27H,7,12,15,18-19,21H2,(H2,34,35,36). The zero-order chi connectivity index (χ0) is 28.5. The summed E-state index contributed by atoms with van der Waals surface area (Å²) in [5.41, 5.74) is 13.2. The smallest absolute Gasteiger partial charge is 0.410 e. The molecule has 3 aromatic heterocycles. The van der Waals surface area contributed by atoms with Crippen LogP contribution >= 0.6 is 0 Å². The third kappa shape index (κ3) is 5.05. The molecule has 42 heavy (non-hydrogen) atoms. The van der Waals surface area contributed by atoms with E-state index in [1.54, 1.807) is 4.90 Å². The monoisotopic (exact) mass is 557 g/mol. The van der Waals surface area contributed by atoms with Gasteiger partial charge in [-0.1, -0.05) is 72.8 Å². The Kier molecular flexibility index (Phi) is 6.75. The minimum Gasteiger partial charge on any atom is -0.445 e. The van der Waals surface area contributed by atoms with E-state index in [0.29, 0.717) is 25.5 Å². The van der Waals surface area contributed by atoms with Gasteiger partial charge in [0.2, 0.25) is 0 Å². The average Bonchev–Trinajstić information content (AvgIpc) is 3.62. The number of amides is 1. The summed E-state index contributed by atoms with van der Waals surface area (Å²) < 4.78 is 9.50. The molecule has 0 saturated carbocycles. The fourth-order valence-corrected chi connectivity index (χ4v) is 5.88. The van der Waals surface area contributed by atoms with Crippen LogP contribution in [0.1, 0.15) is 35.6 Å². The maximum atomic E-state index is 13.0. The van der Waals surface area contributed by atoms with Gasteiger partial charge in [0.25, 0.3) is 0 Å². The fourth-order valence-electron chi connectivity index (χ4n) is 5.88. The molecule has 9 nitrogen and oxygen atoms in total. The van der Waals surface area contributed by atoms with Crippen molar-refractivity contribution in [3.05, 3.63) is 114 Å². The molecule has 1 atom stereocenters. The Labute approximate surface area is 243 Å². The van der Waals surface area contributed by atoms with Gasteiger partial charge in [0.15, 0.2) is 5.82 Å². The van der Waals surface area contributed by atoms with E-state index in [2.05, 4.69) is 52.7 Å². The molecule has 1 saturated heterocycles. The zero-order valence-corrected chi connectivity index (χ0v) is 23.1. The molecule has 1 aliphatic rings. The zero-order valence-electron chi connectivity index (χ0n) is 23.1. The predicted molar refractivity (Wildman–Crippen MR) is 162 cm³/mol. The van der Waals surface area contributed by atoms with Gasteiger partial charge in [-0.2, -0.15) is 10.2 Å². The molecular weight excluding hydrogens is 526 g/mol. The number of benzene rings is 3. The van der Waals surface area contributed by atoms with Crippen molar-refractivity contribution < 1.29 is 9.53 Å². The number of ether oxygens (including phenoxy) is 1. The van der Waals surface area contributed by atoms with Crippen molar-refractivity contribution in [2.75, 3.05) is 18.8 Å². The number of hydrogen-bond donors (Lipinski definition) is 1. The molecule has 1 unspecified atom stereocenters. The van der Waals surface area contributed by atoms with Gasteiger partial charge in [-0.05, 0) is 41.7 Å². The first kappa shape index (κ1) is 25.8. The van der Waals surface area contributed by atoms with Crippen LogP contribution in [-0.4, -0.2) is 48.5 Å². The van der Waals surface area contributed by atoms with Crippen molar-refractivity contribution >= 4 is 28.3 Å². The molecule has 6 aromatic rings. The van der Waals surface area contributed by atoms with E-state index in [1.807, 2.05) is 57.7 Å². The second-order valence-corrected chi connectivity index (χ2v) is 10.8. The third-order valence-electron chi connectivity index (χ3n) is 7.97. The fraction of sp³-hybridized carbons (Fsp3) is 0.212. The van der Waals surface area contributed by atoms with Crippen LogP contribution in [0.2, 0.25) is 0 Å². The van der Waals surface area contributed by atoms with Gasteiger partial charge < -0.3 is 15.4 Å². The van der Waals surface area contributed by atoms with E-state index in [4.69, 9.17) is 15.6 Å². The summed E-state index contributed by atoms with van der Waals surface area (Å²) in [6.45, 7) is 2.18. The third-order valence-corrected chi connectivity index (χ3v) is 7.97. The molecule has 7 rings (SSSR count). The number of anilines is 1. The Hall–Kier alpha value is -5.18. The average molecular weight is 558 g/mol. The number of aromatic nitrogens is 5. The van der Waals surface area contributed by atoms with Crippen LogP contribution in [0.5, 0.6) is 0 Å². The first-order valence-electron chi connectivity index (χ1n) is 14.2. The molecule has 1 aliphatic heterocycles. The van der Waals surface area contributed by atoms with Gasteiger partial charge in [0.05, 0.1) is 12.1 Å². The van der Waals surface area contributed by atoms with Crippen LogP contribution in [0.3, 0.4) is 0 Å². The van der Waals surface area contributed by atoms with Crippen molar-refractivity contribution in [1.82, 2.24) is 29.3 Å². The summed E-state index contributed by atoms with van der Waals surface area (Å²) in [4.78, 5) is 19.1. The van der Waals surface area contributed by atoms with Crippen molar-refractivity contribution in [3.63, 3.8) is 0 Å². The second-order valence-electron chi connectivity index (χ2n) is 10.8. The summed E-state index contributed by atoms with van der Waals surface area (Å²) in [5.74, 6) is 0.489. The highest BCUT2D eigenvalue weighted by Crippen LogP contribution is 2.37. The highest BCUT2D eigenvalue weighted by atomic mass is 16.6. The number of nitrogens with zero attached hydrogens (tertiary/aromatic N) is 6. The first-order chi connectivity index (χ1) is 20.6. The number of nitrogen functional groups attached to an aromatic ring is 1. The van der Waals surface area contributed by atoms with Crippen molar-refractivity contribution in [2.45, 2.75) is 31.9 Å². The second kappa shape index (κ2) is 11.0. The van der Waals surface area contributed by atoms with Gasteiger partial charge in [-0.15, -0.1) is 0 Å². The number of carbonyl (C=O) groups is 1. The number of likely N-dealkylation sites (tertiary alicyclic amines) is 1. The van der Waals surface area contributed by atoms with E-state index >= 15 is 0 Å². The van der Waals surface area contributed by atoms with Crippen LogP contribution in [-0.2, 0) is 17.9 Å². The molecule has 210 valence electrons. The lowest BCUT2D eigenvalue weighted by Crippen LogP contribution is -2.39. The lowest BCUT2D eigenvalue weighted by atomic mass is 9.94. The van der Waals surface area contributed by atoms with E-state index in [-0.39, 0.29) is 18.6 Å². The van der Waals surface area contributed by atoms with E-state index < -0.39 is 0 Å². The first-order valence-corrected chi connectivity index (χ1v) is 14.2. The van der Waals surface area contributed by atoms with E-state index in [0.717, 1.165) is 51.6 Å². The number of piperidine rings is 1. The molecule has 2 N–H and O–H groups in total. The summed E-state index contributed by atoms with van der Waals surface area (Å²) in [5, 5.41) is 10.5. The molecule has 0 bridgehead atoms. The number of nitrogens with two attached hydrogens (primary N) is 1. The van der Waals surface area contributed by atoms with Crippen LogP contribution in [0.25, 0.3) is 27.5 Å². The van der Waals surface area contributed by atoms with E-state index in [9.17, 15) is 4.79 Å². The molecule has 0 radical (unpaired) electrons. The van der Waals surface area contributed by atoms with Gasteiger partial charge in [0, 0.05) is 41.8 Å². The Morgan fingerprint density at radius 3 is 2.57 bits per heavy atom. The van der Waals surface area contributed by atoms with Crippen molar-refractivity contribution in [1.29, 1.82) is 0 Å². The van der Waals surface area contributed by atoms with Gasteiger partial charge in [0.1, 0.15) is 18.5 Å². The Morgan fingerprint density at radius 1 is 0.976 bits per heavy atom. The van der Waals surface area contributed by atoms with Gasteiger partial charge in [-0.25, -0.2) is 14.3 Å². The van der Waals surface area contributed by atoms with Crippen LogP contribution in [0.4, 0.5) is 10.6 Å². The van der Waals surface area contributed by atoms with E-state index in [1.165, 1.54) is 11.9 Å². The molecular formula is C33H31N7O2. The Morgan fingerprint density at radius 2 is 1.76 bits per heavy atom. The molecule has 9 heteroatoms. The summed E-state index contributed by atoms with van der Waals surface area (Å²) in [7, 11) is 0. The molecule has 0 spiro atoms. The van der Waals surface area contributed by atoms with Crippen LogP contribution < -0.4 is 5.73 Å². The topological polar surface area (TPSA) is 104 Å². The minimum atomic E-state index is -0.296. The lowest BCUT2D eigenvalue weighted by Gasteiger charge is -2.31. The highest BCUT2D eigenvalue weighted by Gasteiger charge is 2.29. The molecule has 1 fully saturated rings. The number of rotatable bonds is 6. The Balaban J connectivity index is 1.17. The predicted octanol–water partition coefficient (Wildman–Crippen LogP) is 5.89. The van der Waals surface area contributed by atoms with Crippen LogP contribution in [0.15, 0.2) is 97.5 Å². The lowest BCUT2D eigenvalue weighted by molar-refractivity contribution is 0.0855. The summed E-state index contributed by atoms with van der Waals surface area (Å²) in [6, 6.07) is 28.5. The molecule has 4 heterocycles. The maximum Gasteiger partial charge on any atom is 0.410 e. The number of hydrogen-bond acceptors (Lipinski definition) is 6. The highest BCUT2D eigenvalue weighted by molar-refractivity contribution is 5.92. The normalized spacial score (nSPS) is 15.3. The minimum absolute atomic E-state index is 0.0763. The summed E-state index contributed by atoms with van der Waals surface area (Å²) >= 11 is 0. The van der Waals surface area contributed by atoms with Crippen molar-refractivity contribution in [2.24, 2.45) is 0 Å². The number of fused-ring (bicyclic) bond motifs is 2. The summed E-state index contributed by atoms with van der Waals surface area (Å²) in [6.07, 6.45) is 5.06. The van der Waals surface area contributed by atoms with Gasteiger partial charge in [-0.3, -0.25) is 4.68 Å². The van der Waals surface area contributed by atoms with Crippen molar-refractivity contribution in [3.8, 4) is 11.1 Å². The Bertz CT molecular complexity index is 1860. The van der Waals surface area contributed by atoms with Crippen LogP contribution in [0, 0.1) is 0 Å². The van der Waals surface area contributed by atoms with Gasteiger partial charge >= 0.3 is 6.09 Å².